The van der Waals surface area contributed by atoms with Gasteiger partial charge in [0.25, 0.3) is 0 Å². The van der Waals surface area contributed by atoms with Crippen molar-refractivity contribution >= 4 is 11.9 Å². The number of hydrogen-bond acceptors (Lipinski definition) is 4. The van der Waals surface area contributed by atoms with Crippen molar-refractivity contribution in [1.29, 1.82) is 0 Å². The second kappa shape index (κ2) is 8.06. The van der Waals surface area contributed by atoms with Crippen molar-refractivity contribution in [1.82, 2.24) is 10.3 Å². The van der Waals surface area contributed by atoms with Crippen LogP contribution in [0.3, 0.4) is 0 Å². The second-order valence-electron chi connectivity index (χ2n) is 9.17. The van der Waals surface area contributed by atoms with Crippen LogP contribution >= 0.6 is 0 Å². The van der Waals surface area contributed by atoms with E-state index in [4.69, 9.17) is 4.74 Å². The topological polar surface area (TPSA) is 68.3 Å². The van der Waals surface area contributed by atoms with Gasteiger partial charge in [0.15, 0.2) is 5.60 Å². The number of pyridine rings is 1. The average molecular weight is 423 g/mol. The maximum absolute atomic E-state index is 13.5. The van der Waals surface area contributed by atoms with Crippen LogP contribution in [0.25, 0.3) is 0 Å². The highest BCUT2D eigenvalue weighted by Gasteiger charge is 2.49. The van der Waals surface area contributed by atoms with Gasteiger partial charge in [0.2, 0.25) is 5.91 Å². The van der Waals surface area contributed by atoms with Gasteiger partial charge in [-0.15, -0.1) is 0 Å². The first-order valence-corrected chi connectivity index (χ1v) is 11.3. The van der Waals surface area contributed by atoms with Gasteiger partial charge < -0.3 is 10.1 Å². The molecule has 6 heteroatoms. The average Bonchev–Trinajstić information content (AvgIpc) is 3.06. The van der Waals surface area contributed by atoms with Crippen LogP contribution in [0.1, 0.15) is 78.9 Å². The largest absolute Gasteiger partial charge is 0.449 e. The van der Waals surface area contributed by atoms with Gasteiger partial charge in [-0.1, -0.05) is 12.1 Å². The lowest BCUT2D eigenvalue weighted by atomic mass is 9.76. The lowest BCUT2D eigenvalue weighted by molar-refractivity contribution is -0.129. The molecule has 1 amide bonds. The van der Waals surface area contributed by atoms with Gasteiger partial charge >= 0.3 is 5.97 Å². The van der Waals surface area contributed by atoms with Crippen molar-refractivity contribution < 1.29 is 18.7 Å². The van der Waals surface area contributed by atoms with Gasteiger partial charge in [0, 0.05) is 18.2 Å². The SMILES string of the molecule is O=C1OC2(CCC(C(=O)N[C@H]3CC[C@H](c4cccc(F)c4)CC3)CC2)c2ncccc21. The number of fused-ring (bicyclic) bond motifs is 2. The number of nitrogens with one attached hydrogen (secondary N) is 1. The van der Waals surface area contributed by atoms with Crippen molar-refractivity contribution in [2.45, 2.75) is 68.9 Å². The predicted octanol–water partition coefficient (Wildman–Crippen LogP) is 4.62. The fraction of sp³-hybridized carbons (Fsp3) is 0.480. The quantitative estimate of drug-likeness (QED) is 0.733. The molecule has 1 aromatic carbocycles. The highest BCUT2D eigenvalue weighted by molar-refractivity contribution is 5.94. The first-order chi connectivity index (χ1) is 15.0. The number of nitrogens with zero attached hydrogens (tertiary/aromatic N) is 1. The summed E-state index contributed by atoms with van der Waals surface area (Å²) in [5, 5.41) is 3.24. The number of hydrogen-bond donors (Lipinski definition) is 1. The van der Waals surface area contributed by atoms with Crippen LogP contribution in [0.5, 0.6) is 0 Å². The normalized spacial score (nSPS) is 30.0. The zero-order valence-corrected chi connectivity index (χ0v) is 17.5. The number of rotatable bonds is 3. The molecular formula is C25H27FN2O3. The van der Waals surface area contributed by atoms with Crippen molar-refractivity contribution in [2.24, 2.45) is 5.92 Å². The third-order valence-electron chi connectivity index (χ3n) is 7.30. The van der Waals surface area contributed by atoms with Gasteiger partial charge in [-0.2, -0.15) is 0 Å². The zero-order chi connectivity index (χ0) is 21.4. The summed E-state index contributed by atoms with van der Waals surface area (Å²) in [5.74, 6) is -0.0783. The van der Waals surface area contributed by atoms with Crippen LogP contribution in [0.4, 0.5) is 4.39 Å². The van der Waals surface area contributed by atoms with Crippen molar-refractivity contribution in [3.63, 3.8) is 0 Å². The van der Waals surface area contributed by atoms with E-state index in [9.17, 15) is 14.0 Å². The van der Waals surface area contributed by atoms with E-state index in [1.165, 1.54) is 6.07 Å². The Hall–Kier alpha value is -2.76. The Morgan fingerprint density at radius 2 is 1.84 bits per heavy atom. The lowest BCUT2D eigenvalue weighted by Crippen LogP contribution is -2.43. The minimum atomic E-state index is -0.659. The molecular weight excluding hydrogens is 395 g/mol. The highest BCUT2D eigenvalue weighted by Crippen LogP contribution is 2.47. The van der Waals surface area contributed by atoms with Crippen molar-refractivity contribution in [2.75, 3.05) is 0 Å². The third-order valence-corrected chi connectivity index (χ3v) is 7.30. The Labute approximate surface area is 181 Å². The first kappa shape index (κ1) is 20.2. The van der Waals surface area contributed by atoms with E-state index in [2.05, 4.69) is 10.3 Å². The lowest BCUT2D eigenvalue weighted by Gasteiger charge is -2.36. The summed E-state index contributed by atoms with van der Waals surface area (Å²) in [5.41, 5.74) is 1.69. The molecule has 0 atom stereocenters. The van der Waals surface area contributed by atoms with E-state index in [1.54, 1.807) is 30.5 Å². The van der Waals surface area contributed by atoms with Crippen molar-refractivity contribution in [3.05, 3.63) is 65.2 Å². The van der Waals surface area contributed by atoms with E-state index < -0.39 is 5.60 Å². The maximum Gasteiger partial charge on any atom is 0.341 e. The molecule has 5 nitrogen and oxygen atoms in total. The number of benzene rings is 1. The molecule has 2 fully saturated rings. The smallest absolute Gasteiger partial charge is 0.341 e. The molecule has 5 rings (SSSR count). The molecule has 2 saturated carbocycles. The summed E-state index contributed by atoms with van der Waals surface area (Å²) in [6, 6.07) is 10.6. The zero-order valence-electron chi connectivity index (χ0n) is 17.5. The molecule has 0 bridgehead atoms. The van der Waals surface area contributed by atoms with Crippen LogP contribution in [0.2, 0.25) is 0 Å². The van der Waals surface area contributed by atoms with Gasteiger partial charge in [-0.3, -0.25) is 9.78 Å². The highest BCUT2D eigenvalue weighted by atomic mass is 19.1. The third kappa shape index (κ3) is 3.84. The molecule has 1 aromatic heterocycles. The molecule has 0 saturated heterocycles. The summed E-state index contributed by atoms with van der Waals surface area (Å²) in [6.07, 6.45) is 8.08. The molecule has 1 spiro atoms. The molecule has 162 valence electrons. The number of halogens is 1. The van der Waals surface area contributed by atoms with E-state index in [0.29, 0.717) is 37.2 Å². The van der Waals surface area contributed by atoms with Crippen molar-refractivity contribution in [3.8, 4) is 0 Å². The standard InChI is InChI=1S/C25H27FN2O3/c26-19-4-1-3-18(15-19)16-6-8-20(9-7-16)28-23(29)17-10-12-25(13-11-17)22-21(24(30)31-25)5-2-14-27-22/h1-5,14-17,20H,6-13H2,(H,28,29)/t16-,17?,20-,25?. The molecule has 0 radical (unpaired) electrons. The predicted molar refractivity (Wildman–Crippen MR) is 113 cm³/mol. The van der Waals surface area contributed by atoms with Crippen LogP contribution in [0, 0.1) is 11.7 Å². The Morgan fingerprint density at radius 1 is 1.06 bits per heavy atom. The molecule has 2 aliphatic carbocycles. The monoisotopic (exact) mass is 422 g/mol. The minimum Gasteiger partial charge on any atom is -0.449 e. The molecule has 3 aliphatic rings. The van der Waals surface area contributed by atoms with Crippen LogP contribution in [-0.4, -0.2) is 22.9 Å². The van der Waals surface area contributed by atoms with E-state index in [1.807, 2.05) is 6.07 Å². The Morgan fingerprint density at radius 3 is 2.58 bits per heavy atom. The van der Waals surface area contributed by atoms with Crippen LogP contribution in [0.15, 0.2) is 42.6 Å². The fourth-order valence-electron chi connectivity index (χ4n) is 5.55. The number of aromatic nitrogens is 1. The summed E-state index contributed by atoms with van der Waals surface area (Å²) in [7, 11) is 0. The molecule has 1 N–H and O–H groups in total. The second-order valence-corrected chi connectivity index (χ2v) is 9.17. The molecule has 0 unspecified atom stereocenters. The number of amides is 1. The molecule has 1 aliphatic heterocycles. The number of carbonyl (C=O) groups is 2. The van der Waals surface area contributed by atoms with Gasteiger partial charge in [-0.25, -0.2) is 9.18 Å². The Kier molecular flexibility index (Phi) is 5.24. The fourth-order valence-corrected chi connectivity index (χ4v) is 5.55. The summed E-state index contributed by atoms with van der Waals surface area (Å²) < 4.78 is 19.2. The van der Waals surface area contributed by atoms with E-state index >= 15 is 0 Å². The van der Waals surface area contributed by atoms with Crippen LogP contribution < -0.4 is 5.32 Å². The first-order valence-electron chi connectivity index (χ1n) is 11.3. The molecule has 31 heavy (non-hydrogen) atoms. The molecule has 2 heterocycles. The van der Waals surface area contributed by atoms with Gasteiger partial charge in [0.1, 0.15) is 5.82 Å². The summed E-state index contributed by atoms with van der Waals surface area (Å²) in [6.45, 7) is 0. The molecule has 2 aromatic rings. The van der Waals surface area contributed by atoms with Gasteiger partial charge in [-0.05, 0) is 87.1 Å². The Bertz CT molecular complexity index is 992. The number of esters is 1. The number of ether oxygens (including phenoxy) is 1. The van der Waals surface area contributed by atoms with E-state index in [0.717, 1.165) is 36.9 Å². The van der Waals surface area contributed by atoms with E-state index in [-0.39, 0.29) is 29.7 Å². The maximum atomic E-state index is 13.5. The van der Waals surface area contributed by atoms with Crippen LogP contribution in [-0.2, 0) is 15.1 Å². The minimum absolute atomic E-state index is 0.0574. The summed E-state index contributed by atoms with van der Waals surface area (Å²) >= 11 is 0. The van der Waals surface area contributed by atoms with Gasteiger partial charge in [0.05, 0.1) is 11.3 Å². The Balaban J connectivity index is 1.14. The number of carbonyl (C=O) groups excluding carboxylic acids is 2. The summed E-state index contributed by atoms with van der Waals surface area (Å²) in [4.78, 5) is 29.5.